The standard InChI is InChI=1S/C10H13N/c1-7-3-4-9-10(7)8(2)5-6-11-9/h5-7H,3-4H2,1-2H3. The molecule has 1 aromatic rings. The first kappa shape index (κ1) is 6.84. The number of pyridine rings is 1. The number of hydrogen-bond donors (Lipinski definition) is 0. The maximum absolute atomic E-state index is 4.37. The molecule has 11 heavy (non-hydrogen) atoms. The fourth-order valence-corrected chi connectivity index (χ4v) is 2.00. The van der Waals surface area contributed by atoms with Gasteiger partial charge in [-0.1, -0.05) is 6.92 Å². The van der Waals surface area contributed by atoms with Gasteiger partial charge in [0.15, 0.2) is 0 Å². The first-order valence-electron chi connectivity index (χ1n) is 4.23. The van der Waals surface area contributed by atoms with Crippen LogP contribution in [-0.4, -0.2) is 4.98 Å². The Morgan fingerprint density at radius 2 is 2.36 bits per heavy atom. The van der Waals surface area contributed by atoms with Crippen LogP contribution < -0.4 is 0 Å². The molecular weight excluding hydrogens is 134 g/mol. The van der Waals surface area contributed by atoms with E-state index < -0.39 is 0 Å². The zero-order valence-corrected chi connectivity index (χ0v) is 7.09. The van der Waals surface area contributed by atoms with Gasteiger partial charge in [0.1, 0.15) is 0 Å². The van der Waals surface area contributed by atoms with Crippen molar-refractivity contribution in [2.45, 2.75) is 32.6 Å². The highest BCUT2D eigenvalue weighted by molar-refractivity contribution is 5.35. The average molecular weight is 147 g/mol. The Labute approximate surface area is 67.5 Å². The molecule has 0 bridgehead atoms. The molecule has 1 aliphatic rings. The third-order valence-corrected chi connectivity index (χ3v) is 2.60. The molecular formula is C10H13N. The quantitative estimate of drug-likeness (QED) is 0.549. The van der Waals surface area contributed by atoms with Crippen molar-refractivity contribution >= 4 is 0 Å². The number of fused-ring (bicyclic) bond motifs is 1. The number of nitrogens with zero attached hydrogens (tertiary/aromatic N) is 1. The van der Waals surface area contributed by atoms with E-state index in [-0.39, 0.29) is 0 Å². The van der Waals surface area contributed by atoms with Crippen LogP contribution in [0.5, 0.6) is 0 Å². The van der Waals surface area contributed by atoms with Crippen LogP contribution in [-0.2, 0) is 6.42 Å². The molecule has 0 aliphatic heterocycles. The minimum atomic E-state index is 0.735. The molecule has 0 saturated carbocycles. The van der Waals surface area contributed by atoms with Crippen LogP contribution >= 0.6 is 0 Å². The van der Waals surface area contributed by atoms with Crippen LogP contribution in [0.2, 0.25) is 0 Å². The minimum absolute atomic E-state index is 0.735. The van der Waals surface area contributed by atoms with E-state index in [4.69, 9.17) is 0 Å². The summed E-state index contributed by atoms with van der Waals surface area (Å²) >= 11 is 0. The minimum Gasteiger partial charge on any atom is -0.261 e. The molecule has 0 N–H and O–H groups in total. The van der Waals surface area contributed by atoms with Crippen molar-refractivity contribution in [1.82, 2.24) is 4.98 Å². The lowest BCUT2D eigenvalue weighted by molar-refractivity contribution is 0.743. The van der Waals surface area contributed by atoms with E-state index in [1.54, 1.807) is 0 Å². The van der Waals surface area contributed by atoms with Gasteiger partial charge in [-0.2, -0.15) is 0 Å². The second-order valence-corrected chi connectivity index (χ2v) is 3.43. The molecule has 0 radical (unpaired) electrons. The molecule has 1 atom stereocenters. The summed E-state index contributed by atoms with van der Waals surface area (Å²) in [6.45, 7) is 4.48. The normalized spacial score (nSPS) is 21.8. The van der Waals surface area contributed by atoms with Crippen LogP contribution in [0.3, 0.4) is 0 Å². The SMILES string of the molecule is Cc1ccnc2c1C(C)CC2. The van der Waals surface area contributed by atoms with E-state index in [0.29, 0.717) is 0 Å². The highest BCUT2D eigenvalue weighted by Gasteiger charge is 2.20. The summed E-state index contributed by atoms with van der Waals surface area (Å²) in [6.07, 6.45) is 4.39. The third-order valence-electron chi connectivity index (χ3n) is 2.60. The van der Waals surface area contributed by atoms with E-state index in [1.807, 2.05) is 6.20 Å². The summed E-state index contributed by atoms with van der Waals surface area (Å²) < 4.78 is 0. The maximum Gasteiger partial charge on any atom is 0.0441 e. The van der Waals surface area contributed by atoms with E-state index in [0.717, 1.165) is 5.92 Å². The number of aromatic nitrogens is 1. The summed E-state index contributed by atoms with van der Waals surface area (Å²) in [6, 6.07) is 2.11. The van der Waals surface area contributed by atoms with Crippen molar-refractivity contribution in [3.05, 3.63) is 29.1 Å². The van der Waals surface area contributed by atoms with Crippen LogP contribution in [0.1, 0.15) is 36.1 Å². The van der Waals surface area contributed by atoms with Crippen LogP contribution in [0.15, 0.2) is 12.3 Å². The molecule has 1 heteroatoms. The second kappa shape index (κ2) is 2.33. The van der Waals surface area contributed by atoms with Gasteiger partial charge in [-0.3, -0.25) is 4.98 Å². The predicted octanol–water partition coefficient (Wildman–Crippen LogP) is 2.44. The lowest BCUT2D eigenvalue weighted by Crippen LogP contribution is -1.92. The molecule has 1 aliphatic carbocycles. The van der Waals surface area contributed by atoms with Crippen molar-refractivity contribution in [2.24, 2.45) is 0 Å². The summed E-state index contributed by atoms with van der Waals surface area (Å²) in [5.41, 5.74) is 4.25. The Hall–Kier alpha value is -0.850. The second-order valence-electron chi connectivity index (χ2n) is 3.43. The van der Waals surface area contributed by atoms with Crippen molar-refractivity contribution < 1.29 is 0 Å². The maximum atomic E-state index is 4.37. The van der Waals surface area contributed by atoms with Gasteiger partial charge < -0.3 is 0 Å². The summed E-state index contributed by atoms with van der Waals surface area (Å²) in [4.78, 5) is 4.37. The molecule has 1 nitrogen and oxygen atoms in total. The van der Waals surface area contributed by atoms with Crippen LogP contribution in [0, 0.1) is 6.92 Å². The monoisotopic (exact) mass is 147 g/mol. The molecule has 0 aromatic carbocycles. The lowest BCUT2D eigenvalue weighted by Gasteiger charge is -2.06. The van der Waals surface area contributed by atoms with Crippen molar-refractivity contribution in [1.29, 1.82) is 0 Å². The third kappa shape index (κ3) is 0.953. The van der Waals surface area contributed by atoms with Crippen LogP contribution in [0.25, 0.3) is 0 Å². The number of hydrogen-bond acceptors (Lipinski definition) is 1. The molecule has 1 unspecified atom stereocenters. The molecule has 58 valence electrons. The summed E-state index contributed by atoms with van der Waals surface area (Å²) in [5.74, 6) is 0.735. The Morgan fingerprint density at radius 3 is 3.09 bits per heavy atom. The molecule has 0 fully saturated rings. The highest BCUT2D eigenvalue weighted by Crippen LogP contribution is 2.32. The Bertz CT molecular complexity index is 278. The molecule has 0 saturated heterocycles. The Kier molecular flexibility index (Phi) is 1.45. The summed E-state index contributed by atoms with van der Waals surface area (Å²) in [5, 5.41) is 0. The van der Waals surface area contributed by atoms with Gasteiger partial charge in [0.05, 0.1) is 0 Å². The molecule has 0 spiro atoms. The van der Waals surface area contributed by atoms with Gasteiger partial charge in [-0.25, -0.2) is 0 Å². The van der Waals surface area contributed by atoms with E-state index in [1.165, 1.54) is 29.7 Å². The number of rotatable bonds is 0. The van der Waals surface area contributed by atoms with Gasteiger partial charge in [0.25, 0.3) is 0 Å². The molecule has 1 aromatic heterocycles. The number of aryl methyl sites for hydroxylation is 2. The lowest BCUT2D eigenvalue weighted by atomic mass is 10.0. The largest absolute Gasteiger partial charge is 0.261 e. The Morgan fingerprint density at radius 1 is 1.55 bits per heavy atom. The van der Waals surface area contributed by atoms with E-state index in [2.05, 4.69) is 24.9 Å². The van der Waals surface area contributed by atoms with Gasteiger partial charge in [0.2, 0.25) is 0 Å². The summed E-state index contributed by atoms with van der Waals surface area (Å²) in [7, 11) is 0. The molecule has 0 amide bonds. The van der Waals surface area contributed by atoms with Crippen LogP contribution in [0.4, 0.5) is 0 Å². The first-order valence-corrected chi connectivity index (χ1v) is 4.23. The van der Waals surface area contributed by atoms with Gasteiger partial charge in [-0.05, 0) is 42.9 Å². The zero-order valence-electron chi connectivity index (χ0n) is 7.09. The fraction of sp³-hybridized carbons (Fsp3) is 0.500. The fourth-order valence-electron chi connectivity index (χ4n) is 2.00. The predicted molar refractivity (Wildman–Crippen MR) is 45.7 cm³/mol. The van der Waals surface area contributed by atoms with Crippen molar-refractivity contribution in [2.75, 3.05) is 0 Å². The van der Waals surface area contributed by atoms with Crippen molar-refractivity contribution in [3.8, 4) is 0 Å². The highest BCUT2D eigenvalue weighted by atomic mass is 14.7. The zero-order chi connectivity index (χ0) is 7.84. The van der Waals surface area contributed by atoms with Gasteiger partial charge >= 0.3 is 0 Å². The topological polar surface area (TPSA) is 12.9 Å². The van der Waals surface area contributed by atoms with Gasteiger partial charge in [0, 0.05) is 11.9 Å². The first-order chi connectivity index (χ1) is 5.29. The van der Waals surface area contributed by atoms with E-state index >= 15 is 0 Å². The molecule has 2 rings (SSSR count). The van der Waals surface area contributed by atoms with Gasteiger partial charge in [-0.15, -0.1) is 0 Å². The smallest absolute Gasteiger partial charge is 0.0441 e. The van der Waals surface area contributed by atoms with Crippen molar-refractivity contribution in [3.63, 3.8) is 0 Å². The Balaban J connectivity index is 2.58. The molecule has 1 heterocycles. The van der Waals surface area contributed by atoms with E-state index in [9.17, 15) is 0 Å². The average Bonchev–Trinajstić information content (AvgIpc) is 2.34.